The number of hydrogen-bond acceptors (Lipinski definition) is 6. The molecule has 160 valence electrons. The Morgan fingerprint density at radius 2 is 1.57 bits per heavy atom. The number of rotatable bonds is 6. The van der Waals surface area contributed by atoms with Gasteiger partial charge in [-0.1, -0.05) is 18.2 Å². The minimum absolute atomic E-state index is 0.128. The van der Waals surface area contributed by atoms with E-state index in [1.165, 1.54) is 4.31 Å². The number of fused-ring (bicyclic) bond motifs is 1. The molecule has 0 spiro atoms. The normalized spacial score (nSPS) is 16.8. The molecule has 1 fully saturated rings. The standard InChI is InChI=1S/C21H24N2O6S/c24-21(14-17-3-6-19-20(13-17)29-12-11-28-19)22-15-16-1-4-18(5-2-16)30(25,26)23-7-9-27-10-8-23/h1-6,13H,7-12,14-15H2,(H,22,24). The van der Waals surface area contributed by atoms with Gasteiger partial charge in [-0.3, -0.25) is 4.79 Å². The molecule has 2 aromatic carbocycles. The summed E-state index contributed by atoms with van der Waals surface area (Å²) in [4.78, 5) is 12.5. The first kappa shape index (κ1) is 20.6. The van der Waals surface area contributed by atoms with Gasteiger partial charge in [-0.15, -0.1) is 0 Å². The predicted octanol–water partition coefficient (Wildman–Crippen LogP) is 1.34. The third kappa shape index (κ3) is 4.75. The molecule has 0 radical (unpaired) electrons. The Bertz CT molecular complexity index is 1000. The number of morpholine rings is 1. The average Bonchev–Trinajstić information content (AvgIpc) is 2.78. The number of ether oxygens (including phenoxy) is 3. The lowest BCUT2D eigenvalue weighted by molar-refractivity contribution is -0.120. The second-order valence-electron chi connectivity index (χ2n) is 7.09. The fraction of sp³-hybridized carbons (Fsp3) is 0.381. The van der Waals surface area contributed by atoms with Crippen molar-refractivity contribution >= 4 is 15.9 Å². The van der Waals surface area contributed by atoms with Crippen molar-refractivity contribution in [1.82, 2.24) is 9.62 Å². The second-order valence-corrected chi connectivity index (χ2v) is 9.03. The molecule has 2 heterocycles. The highest BCUT2D eigenvalue weighted by molar-refractivity contribution is 7.89. The second kappa shape index (κ2) is 9.03. The summed E-state index contributed by atoms with van der Waals surface area (Å²) in [5, 5.41) is 2.86. The minimum Gasteiger partial charge on any atom is -0.486 e. The number of hydrogen-bond donors (Lipinski definition) is 1. The third-order valence-electron chi connectivity index (χ3n) is 4.99. The maximum atomic E-state index is 12.7. The van der Waals surface area contributed by atoms with Crippen molar-refractivity contribution in [3.05, 3.63) is 53.6 Å². The highest BCUT2D eigenvalue weighted by Gasteiger charge is 2.26. The van der Waals surface area contributed by atoms with E-state index in [4.69, 9.17) is 14.2 Å². The van der Waals surface area contributed by atoms with Crippen LogP contribution in [0.15, 0.2) is 47.4 Å². The van der Waals surface area contributed by atoms with Crippen molar-refractivity contribution in [2.45, 2.75) is 17.9 Å². The number of sulfonamides is 1. The monoisotopic (exact) mass is 432 g/mol. The van der Waals surface area contributed by atoms with Crippen LogP contribution in [-0.2, 0) is 32.5 Å². The quantitative estimate of drug-likeness (QED) is 0.740. The van der Waals surface area contributed by atoms with Gasteiger partial charge in [0, 0.05) is 19.6 Å². The van der Waals surface area contributed by atoms with Crippen LogP contribution in [0.3, 0.4) is 0 Å². The Morgan fingerprint density at radius 1 is 0.900 bits per heavy atom. The van der Waals surface area contributed by atoms with E-state index in [0.29, 0.717) is 57.6 Å². The van der Waals surface area contributed by atoms with Crippen LogP contribution in [0, 0.1) is 0 Å². The summed E-state index contributed by atoms with van der Waals surface area (Å²) in [6.45, 7) is 2.89. The number of carbonyl (C=O) groups excluding carboxylic acids is 1. The Labute approximate surface area is 175 Å². The SMILES string of the molecule is O=C(Cc1ccc2c(c1)OCCO2)NCc1ccc(S(=O)(=O)N2CCOCC2)cc1. The van der Waals surface area contributed by atoms with E-state index in [1.54, 1.807) is 24.3 Å². The van der Waals surface area contributed by atoms with Gasteiger partial charge in [-0.2, -0.15) is 4.31 Å². The smallest absolute Gasteiger partial charge is 0.243 e. The fourth-order valence-corrected chi connectivity index (χ4v) is 4.77. The van der Waals surface area contributed by atoms with Gasteiger partial charge in [-0.05, 0) is 35.4 Å². The van der Waals surface area contributed by atoms with Crippen molar-refractivity contribution in [3.63, 3.8) is 0 Å². The number of nitrogens with zero attached hydrogens (tertiary/aromatic N) is 1. The van der Waals surface area contributed by atoms with Crippen LogP contribution in [0.1, 0.15) is 11.1 Å². The molecule has 0 aromatic heterocycles. The summed E-state index contributed by atoms with van der Waals surface area (Å²) in [7, 11) is -3.51. The molecule has 1 saturated heterocycles. The largest absolute Gasteiger partial charge is 0.486 e. The van der Waals surface area contributed by atoms with Gasteiger partial charge in [0.15, 0.2) is 11.5 Å². The fourth-order valence-electron chi connectivity index (χ4n) is 3.36. The summed E-state index contributed by atoms with van der Waals surface area (Å²) in [5.41, 5.74) is 1.66. The average molecular weight is 432 g/mol. The zero-order chi connectivity index (χ0) is 21.0. The van der Waals surface area contributed by atoms with E-state index in [1.807, 2.05) is 18.2 Å². The molecule has 2 aliphatic heterocycles. The van der Waals surface area contributed by atoms with Gasteiger partial charge in [0.25, 0.3) is 0 Å². The number of carbonyl (C=O) groups is 1. The highest BCUT2D eigenvalue weighted by atomic mass is 32.2. The van der Waals surface area contributed by atoms with Crippen LogP contribution < -0.4 is 14.8 Å². The number of amides is 1. The van der Waals surface area contributed by atoms with Crippen LogP contribution >= 0.6 is 0 Å². The van der Waals surface area contributed by atoms with E-state index in [-0.39, 0.29) is 17.2 Å². The van der Waals surface area contributed by atoms with Crippen molar-refractivity contribution in [2.75, 3.05) is 39.5 Å². The molecule has 0 bridgehead atoms. The van der Waals surface area contributed by atoms with Crippen LogP contribution in [0.4, 0.5) is 0 Å². The number of nitrogens with one attached hydrogen (secondary N) is 1. The Kier molecular flexibility index (Phi) is 6.21. The van der Waals surface area contributed by atoms with E-state index in [2.05, 4.69) is 5.32 Å². The van der Waals surface area contributed by atoms with Gasteiger partial charge in [0.2, 0.25) is 15.9 Å². The van der Waals surface area contributed by atoms with Gasteiger partial charge in [0.05, 0.1) is 24.5 Å². The lowest BCUT2D eigenvalue weighted by Gasteiger charge is -2.26. The zero-order valence-corrected chi connectivity index (χ0v) is 17.3. The van der Waals surface area contributed by atoms with Crippen LogP contribution in [0.2, 0.25) is 0 Å². The molecule has 4 rings (SSSR count). The van der Waals surface area contributed by atoms with Crippen molar-refractivity contribution in [1.29, 1.82) is 0 Å². The molecule has 0 saturated carbocycles. The zero-order valence-electron chi connectivity index (χ0n) is 16.5. The van der Waals surface area contributed by atoms with Crippen molar-refractivity contribution in [3.8, 4) is 11.5 Å². The summed E-state index contributed by atoms with van der Waals surface area (Å²) in [6.07, 6.45) is 0.222. The maximum Gasteiger partial charge on any atom is 0.243 e. The molecule has 0 aliphatic carbocycles. The topological polar surface area (TPSA) is 94.2 Å². The molecule has 2 aliphatic rings. The lowest BCUT2D eigenvalue weighted by atomic mass is 10.1. The Hall–Kier alpha value is -2.62. The summed E-state index contributed by atoms with van der Waals surface area (Å²) in [5.74, 6) is 1.22. The third-order valence-corrected chi connectivity index (χ3v) is 6.90. The Morgan fingerprint density at radius 3 is 2.30 bits per heavy atom. The summed E-state index contributed by atoms with van der Waals surface area (Å²) in [6, 6.07) is 12.1. The molecule has 0 atom stereocenters. The number of benzene rings is 2. The first-order chi connectivity index (χ1) is 14.5. The van der Waals surface area contributed by atoms with Gasteiger partial charge >= 0.3 is 0 Å². The Balaban J connectivity index is 1.32. The van der Waals surface area contributed by atoms with Gasteiger partial charge < -0.3 is 19.5 Å². The molecule has 1 N–H and O–H groups in total. The van der Waals surface area contributed by atoms with E-state index < -0.39 is 10.0 Å². The minimum atomic E-state index is -3.51. The summed E-state index contributed by atoms with van der Waals surface area (Å²) < 4.78 is 43.0. The van der Waals surface area contributed by atoms with Gasteiger partial charge in [-0.25, -0.2) is 8.42 Å². The van der Waals surface area contributed by atoms with E-state index in [0.717, 1.165) is 11.1 Å². The molecule has 1 amide bonds. The van der Waals surface area contributed by atoms with Crippen LogP contribution in [0.5, 0.6) is 11.5 Å². The maximum absolute atomic E-state index is 12.7. The molecule has 2 aromatic rings. The van der Waals surface area contributed by atoms with E-state index in [9.17, 15) is 13.2 Å². The summed E-state index contributed by atoms with van der Waals surface area (Å²) >= 11 is 0. The molecule has 0 unspecified atom stereocenters. The molecule has 30 heavy (non-hydrogen) atoms. The molecular weight excluding hydrogens is 408 g/mol. The molecular formula is C21H24N2O6S. The highest BCUT2D eigenvalue weighted by Crippen LogP contribution is 2.30. The van der Waals surface area contributed by atoms with Crippen LogP contribution in [-0.4, -0.2) is 58.1 Å². The molecule has 8 nitrogen and oxygen atoms in total. The van der Waals surface area contributed by atoms with E-state index >= 15 is 0 Å². The van der Waals surface area contributed by atoms with Crippen molar-refractivity contribution < 1.29 is 27.4 Å². The van der Waals surface area contributed by atoms with Crippen LogP contribution in [0.25, 0.3) is 0 Å². The predicted molar refractivity (Wildman–Crippen MR) is 109 cm³/mol. The van der Waals surface area contributed by atoms with Crippen molar-refractivity contribution in [2.24, 2.45) is 0 Å². The first-order valence-electron chi connectivity index (χ1n) is 9.84. The first-order valence-corrected chi connectivity index (χ1v) is 11.3. The molecule has 9 heteroatoms. The lowest BCUT2D eigenvalue weighted by Crippen LogP contribution is -2.40. The van der Waals surface area contributed by atoms with Gasteiger partial charge in [0.1, 0.15) is 13.2 Å².